The highest BCUT2D eigenvalue weighted by atomic mass is 16.6. The lowest BCUT2D eigenvalue weighted by molar-refractivity contribution is -0.151. The Balaban J connectivity index is 2.44. The molecule has 0 aliphatic carbocycles. The van der Waals surface area contributed by atoms with Gasteiger partial charge in [-0.3, -0.25) is 0 Å². The van der Waals surface area contributed by atoms with E-state index in [4.69, 9.17) is 5.11 Å². The van der Waals surface area contributed by atoms with Gasteiger partial charge in [-0.05, 0) is 6.42 Å². The van der Waals surface area contributed by atoms with Crippen LogP contribution in [-0.2, 0) is 9.63 Å². The quantitative estimate of drug-likeness (QED) is 0.551. The zero-order valence-corrected chi connectivity index (χ0v) is 4.78. The fourth-order valence-electron chi connectivity index (χ4n) is 0.616. The highest BCUT2D eigenvalue weighted by Gasteiger charge is 2.19. The van der Waals surface area contributed by atoms with Crippen LogP contribution in [0.15, 0.2) is 5.16 Å². The number of oxime groups is 1. The molecule has 1 rings (SSSR count). The van der Waals surface area contributed by atoms with Crippen LogP contribution in [0.25, 0.3) is 0 Å². The molecule has 50 valence electrons. The number of hydrogen-bond acceptors (Lipinski definition) is 3. The minimum Gasteiger partial charge on any atom is -0.478 e. The lowest BCUT2D eigenvalue weighted by Crippen LogP contribution is -2.24. The highest BCUT2D eigenvalue weighted by molar-refractivity contribution is 5.73. The Labute approximate surface area is 52.1 Å². The van der Waals surface area contributed by atoms with Gasteiger partial charge in [-0.15, -0.1) is 0 Å². The molecule has 1 atom stereocenters. The molecule has 1 aliphatic rings. The molecule has 0 saturated carbocycles. The van der Waals surface area contributed by atoms with Crippen LogP contribution in [0, 0.1) is 0 Å². The maximum atomic E-state index is 10.2. The van der Waals surface area contributed by atoms with Gasteiger partial charge in [0.1, 0.15) is 0 Å². The van der Waals surface area contributed by atoms with E-state index in [0.29, 0.717) is 12.8 Å². The number of carbonyl (C=O) groups is 1. The van der Waals surface area contributed by atoms with E-state index < -0.39 is 12.1 Å². The molecule has 0 saturated heterocycles. The second-order valence-electron chi connectivity index (χ2n) is 1.80. The van der Waals surface area contributed by atoms with Crippen molar-refractivity contribution < 1.29 is 14.7 Å². The summed E-state index contributed by atoms with van der Waals surface area (Å²) in [5, 5.41) is 11.7. The Morgan fingerprint density at radius 2 is 2.67 bits per heavy atom. The van der Waals surface area contributed by atoms with Gasteiger partial charge in [0.15, 0.2) is 0 Å². The van der Waals surface area contributed by atoms with Crippen molar-refractivity contribution in [1.82, 2.24) is 0 Å². The third kappa shape index (κ3) is 1.42. The molecule has 4 heteroatoms. The summed E-state index contributed by atoms with van der Waals surface area (Å²) in [4.78, 5) is 14.7. The van der Waals surface area contributed by atoms with E-state index in [2.05, 4.69) is 9.99 Å². The zero-order valence-electron chi connectivity index (χ0n) is 4.78. The van der Waals surface area contributed by atoms with Crippen molar-refractivity contribution >= 4 is 12.2 Å². The molecule has 9 heavy (non-hydrogen) atoms. The minimum absolute atomic E-state index is 0.527. The number of carboxylic acid groups (broad SMARTS) is 1. The maximum absolute atomic E-state index is 10.2. The number of carboxylic acids is 1. The summed E-state index contributed by atoms with van der Waals surface area (Å²) in [5.41, 5.74) is 0. The molecule has 1 aliphatic heterocycles. The first-order valence-corrected chi connectivity index (χ1v) is 2.71. The summed E-state index contributed by atoms with van der Waals surface area (Å²) in [6.45, 7) is 0. The molecular weight excluding hydrogens is 122 g/mol. The number of aliphatic carboxylic acids is 1. The summed E-state index contributed by atoms with van der Waals surface area (Å²) in [6, 6.07) is 0. The van der Waals surface area contributed by atoms with Crippen LogP contribution in [0.3, 0.4) is 0 Å². The largest absolute Gasteiger partial charge is 0.478 e. The molecule has 4 nitrogen and oxygen atoms in total. The predicted molar refractivity (Wildman–Crippen MR) is 30.2 cm³/mol. The van der Waals surface area contributed by atoms with Crippen LogP contribution in [0.5, 0.6) is 0 Å². The molecular formula is C5H7NO3. The van der Waals surface area contributed by atoms with Gasteiger partial charge in [0, 0.05) is 12.6 Å². The van der Waals surface area contributed by atoms with E-state index in [0.717, 1.165) is 0 Å². The molecule has 0 spiro atoms. The van der Waals surface area contributed by atoms with Crippen molar-refractivity contribution in [1.29, 1.82) is 0 Å². The van der Waals surface area contributed by atoms with E-state index in [1.165, 1.54) is 0 Å². The third-order valence-electron chi connectivity index (χ3n) is 1.10. The summed E-state index contributed by atoms with van der Waals surface area (Å²) < 4.78 is 0. The molecule has 0 radical (unpaired) electrons. The summed E-state index contributed by atoms with van der Waals surface area (Å²) in [5.74, 6) is -0.938. The summed E-state index contributed by atoms with van der Waals surface area (Å²) in [7, 11) is 0. The van der Waals surface area contributed by atoms with Gasteiger partial charge in [-0.2, -0.15) is 0 Å². The normalized spacial score (nSPS) is 25.1. The van der Waals surface area contributed by atoms with Gasteiger partial charge in [-0.25, -0.2) is 4.79 Å². The summed E-state index contributed by atoms with van der Waals surface area (Å²) >= 11 is 0. The van der Waals surface area contributed by atoms with Gasteiger partial charge < -0.3 is 9.94 Å². The van der Waals surface area contributed by atoms with E-state index in [1.54, 1.807) is 6.21 Å². The Hall–Kier alpha value is -1.06. The maximum Gasteiger partial charge on any atom is 0.347 e. The average Bonchev–Trinajstić information content (AvgIpc) is 1.90. The van der Waals surface area contributed by atoms with Gasteiger partial charge in [-0.1, -0.05) is 5.16 Å². The minimum atomic E-state index is -0.938. The topological polar surface area (TPSA) is 58.9 Å². The monoisotopic (exact) mass is 129 g/mol. The highest BCUT2D eigenvalue weighted by Crippen LogP contribution is 2.06. The van der Waals surface area contributed by atoms with Crippen molar-refractivity contribution in [3.05, 3.63) is 0 Å². The standard InChI is InChI=1S/C5H7NO3/c7-5(8)4-2-1-3-6-9-4/h3-4H,1-2H2,(H,7,8). The predicted octanol–water partition coefficient (Wildman–Crippen LogP) is 0.236. The fraction of sp³-hybridized carbons (Fsp3) is 0.600. The molecule has 1 heterocycles. The molecule has 0 aromatic carbocycles. The first kappa shape index (κ1) is 6.07. The molecule has 1 N–H and O–H groups in total. The summed E-state index contributed by atoms with van der Waals surface area (Å²) in [6.07, 6.45) is 2.06. The van der Waals surface area contributed by atoms with Crippen LogP contribution in [0.4, 0.5) is 0 Å². The molecule has 0 amide bonds. The van der Waals surface area contributed by atoms with Crippen LogP contribution in [0.2, 0.25) is 0 Å². The average molecular weight is 129 g/mol. The Bertz CT molecular complexity index is 143. The van der Waals surface area contributed by atoms with Gasteiger partial charge in [0.05, 0.1) is 0 Å². The van der Waals surface area contributed by atoms with Crippen molar-refractivity contribution in [3.8, 4) is 0 Å². The lowest BCUT2D eigenvalue weighted by atomic mass is 10.2. The Kier molecular flexibility index (Phi) is 1.67. The van der Waals surface area contributed by atoms with E-state index in [1.807, 2.05) is 0 Å². The number of hydrogen-bond donors (Lipinski definition) is 1. The first-order chi connectivity index (χ1) is 4.30. The molecule has 0 aromatic rings. The lowest BCUT2D eigenvalue weighted by Gasteiger charge is -2.11. The zero-order chi connectivity index (χ0) is 6.69. The first-order valence-electron chi connectivity index (χ1n) is 2.71. The van der Waals surface area contributed by atoms with Gasteiger partial charge in [0.25, 0.3) is 0 Å². The van der Waals surface area contributed by atoms with E-state index >= 15 is 0 Å². The Morgan fingerprint density at radius 3 is 3.00 bits per heavy atom. The van der Waals surface area contributed by atoms with Crippen molar-refractivity contribution in [2.24, 2.45) is 5.16 Å². The fourth-order valence-corrected chi connectivity index (χ4v) is 0.616. The smallest absolute Gasteiger partial charge is 0.347 e. The van der Waals surface area contributed by atoms with Crippen LogP contribution >= 0.6 is 0 Å². The third-order valence-corrected chi connectivity index (χ3v) is 1.10. The molecule has 0 fully saturated rings. The van der Waals surface area contributed by atoms with E-state index in [-0.39, 0.29) is 0 Å². The van der Waals surface area contributed by atoms with Crippen molar-refractivity contribution in [2.45, 2.75) is 18.9 Å². The van der Waals surface area contributed by atoms with Crippen molar-refractivity contribution in [3.63, 3.8) is 0 Å². The number of rotatable bonds is 1. The second kappa shape index (κ2) is 2.48. The van der Waals surface area contributed by atoms with Gasteiger partial charge in [0.2, 0.25) is 6.10 Å². The number of nitrogens with zero attached hydrogens (tertiary/aromatic N) is 1. The van der Waals surface area contributed by atoms with Crippen LogP contribution < -0.4 is 0 Å². The Morgan fingerprint density at radius 1 is 1.89 bits per heavy atom. The van der Waals surface area contributed by atoms with Crippen molar-refractivity contribution in [2.75, 3.05) is 0 Å². The SMILES string of the molecule is O=C(O)C1CCC=NO1. The molecule has 0 bridgehead atoms. The van der Waals surface area contributed by atoms with Crippen LogP contribution in [-0.4, -0.2) is 23.4 Å². The molecule has 1 unspecified atom stereocenters. The van der Waals surface area contributed by atoms with Crippen LogP contribution in [0.1, 0.15) is 12.8 Å². The van der Waals surface area contributed by atoms with E-state index in [9.17, 15) is 4.79 Å². The molecule has 0 aromatic heterocycles. The second-order valence-corrected chi connectivity index (χ2v) is 1.80. The van der Waals surface area contributed by atoms with Gasteiger partial charge >= 0.3 is 5.97 Å².